The molecule has 3 fully saturated rings. The zero-order chi connectivity index (χ0) is 9.00. The Morgan fingerprint density at radius 2 is 2.38 bits per heavy atom. The molecule has 3 aliphatic heterocycles. The first-order valence-electron chi connectivity index (χ1n) is 4.92. The summed E-state index contributed by atoms with van der Waals surface area (Å²) in [7, 11) is 0. The highest BCUT2D eigenvalue weighted by atomic mass is 16.5. The summed E-state index contributed by atoms with van der Waals surface area (Å²) < 4.78 is 5.81. The Morgan fingerprint density at radius 1 is 1.54 bits per heavy atom. The first-order chi connectivity index (χ1) is 6.25. The molecule has 13 heavy (non-hydrogen) atoms. The second-order valence-electron chi connectivity index (χ2n) is 4.21. The Kier molecular flexibility index (Phi) is 1.46. The van der Waals surface area contributed by atoms with Crippen LogP contribution in [0, 0.1) is 0 Å². The monoisotopic (exact) mass is 182 g/mol. The average molecular weight is 182 g/mol. The lowest BCUT2D eigenvalue weighted by Crippen LogP contribution is -2.44. The van der Waals surface area contributed by atoms with Gasteiger partial charge < -0.3 is 10.1 Å². The summed E-state index contributed by atoms with van der Waals surface area (Å²) >= 11 is 0. The van der Waals surface area contributed by atoms with Gasteiger partial charge in [0.05, 0.1) is 24.3 Å². The maximum atomic E-state index is 11.0. The maximum absolute atomic E-state index is 11.0. The third kappa shape index (κ3) is 0.957. The molecule has 3 aliphatic rings. The lowest BCUT2D eigenvalue weighted by Gasteiger charge is -2.21. The Hall–Kier alpha value is -0.610. The summed E-state index contributed by atoms with van der Waals surface area (Å²) in [6.07, 6.45) is 1.77. The van der Waals surface area contributed by atoms with E-state index in [9.17, 15) is 4.79 Å². The highest BCUT2D eigenvalue weighted by molar-refractivity contribution is 5.73. The molecule has 1 N–H and O–H groups in total. The van der Waals surface area contributed by atoms with Crippen LogP contribution in [0.15, 0.2) is 0 Å². The number of nitrogens with zero attached hydrogens (tertiary/aromatic N) is 1. The van der Waals surface area contributed by atoms with Crippen LogP contribution in [-0.2, 0) is 9.53 Å². The molecule has 0 radical (unpaired) electrons. The largest absolute Gasteiger partial charge is 0.370 e. The van der Waals surface area contributed by atoms with E-state index in [-0.39, 0.29) is 18.1 Å². The molecular formula is C9H14N2O2. The van der Waals surface area contributed by atoms with Gasteiger partial charge in [-0.1, -0.05) is 0 Å². The second-order valence-corrected chi connectivity index (χ2v) is 4.21. The first-order valence-corrected chi connectivity index (χ1v) is 4.92. The number of morpholine rings is 1. The number of hydrogen-bond donors (Lipinski definition) is 1. The predicted molar refractivity (Wildman–Crippen MR) is 46.2 cm³/mol. The molecule has 72 valence electrons. The molecule has 0 aromatic carbocycles. The number of rotatable bonds is 1. The van der Waals surface area contributed by atoms with Crippen LogP contribution >= 0.6 is 0 Å². The number of fused-ring (bicyclic) bond motifs is 1. The van der Waals surface area contributed by atoms with Crippen LogP contribution in [0.5, 0.6) is 0 Å². The van der Waals surface area contributed by atoms with Gasteiger partial charge in [0.25, 0.3) is 0 Å². The Labute approximate surface area is 77.2 Å². The number of nitrogens with one attached hydrogen (secondary N) is 1. The SMILES string of the molecule is CC(=O)N[C@@H]1[C@@H]2[C@H]3CCN2C[C@@H]1O3. The van der Waals surface area contributed by atoms with Gasteiger partial charge in [0, 0.05) is 20.0 Å². The lowest BCUT2D eigenvalue weighted by atomic mass is 10.1. The Balaban J connectivity index is 1.81. The predicted octanol–water partition coefficient (Wildman–Crippen LogP) is -0.654. The van der Waals surface area contributed by atoms with E-state index in [0.29, 0.717) is 12.1 Å². The van der Waals surface area contributed by atoms with E-state index in [1.165, 1.54) is 0 Å². The smallest absolute Gasteiger partial charge is 0.217 e. The van der Waals surface area contributed by atoms with Gasteiger partial charge in [0.15, 0.2) is 0 Å². The molecule has 4 heteroatoms. The van der Waals surface area contributed by atoms with Crippen molar-refractivity contribution in [3.63, 3.8) is 0 Å². The van der Waals surface area contributed by atoms with Crippen molar-refractivity contribution in [2.45, 2.75) is 37.6 Å². The molecule has 0 saturated carbocycles. The van der Waals surface area contributed by atoms with Crippen molar-refractivity contribution in [1.82, 2.24) is 10.2 Å². The summed E-state index contributed by atoms with van der Waals surface area (Å²) in [4.78, 5) is 13.4. The number of hydrogen-bond acceptors (Lipinski definition) is 3. The van der Waals surface area contributed by atoms with Gasteiger partial charge in [-0.2, -0.15) is 0 Å². The molecule has 3 heterocycles. The highest BCUT2D eigenvalue weighted by Crippen LogP contribution is 2.39. The Bertz CT molecular complexity index is 242. The van der Waals surface area contributed by atoms with E-state index in [4.69, 9.17) is 4.74 Å². The third-order valence-electron chi connectivity index (χ3n) is 3.41. The number of ether oxygens (including phenoxy) is 1. The molecule has 0 aromatic heterocycles. The van der Waals surface area contributed by atoms with Crippen molar-refractivity contribution >= 4 is 5.91 Å². The van der Waals surface area contributed by atoms with Crippen molar-refractivity contribution in [2.75, 3.05) is 13.1 Å². The quantitative estimate of drug-likeness (QED) is 0.585. The highest BCUT2D eigenvalue weighted by Gasteiger charge is 2.57. The molecule has 4 nitrogen and oxygen atoms in total. The van der Waals surface area contributed by atoms with Crippen LogP contribution < -0.4 is 5.32 Å². The minimum atomic E-state index is 0.0630. The average Bonchev–Trinajstić information content (AvgIpc) is 2.60. The van der Waals surface area contributed by atoms with Gasteiger partial charge >= 0.3 is 0 Å². The fourth-order valence-electron chi connectivity index (χ4n) is 3.00. The molecule has 2 bridgehead atoms. The van der Waals surface area contributed by atoms with Crippen molar-refractivity contribution in [3.8, 4) is 0 Å². The topological polar surface area (TPSA) is 41.6 Å². The first kappa shape index (κ1) is 7.76. The van der Waals surface area contributed by atoms with Crippen molar-refractivity contribution in [2.24, 2.45) is 0 Å². The standard InChI is InChI=1S/C9H14N2O2/c1-5(12)10-8-7-4-11-3-2-6(13-7)9(8)11/h6-9H,2-4H2,1H3,(H,10,12)/t6-,7+,8+,9+/m1/s1. The van der Waals surface area contributed by atoms with E-state index < -0.39 is 0 Å². The maximum Gasteiger partial charge on any atom is 0.217 e. The second kappa shape index (κ2) is 2.45. The van der Waals surface area contributed by atoms with Crippen LogP contribution in [0.2, 0.25) is 0 Å². The summed E-state index contributed by atoms with van der Waals surface area (Å²) in [5.74, 6) is 0.0630. The minimum absolute atomic E-state index is 0.0630. The fourth-order valence-corrected chi connectivity index (χ4v) is 3.00. The van der Waals surface area contributed by atoms with Crippen molar-refractivity contribution < 1.29 is 9.53 Å². The van der Waals surface area contributed by atoms with Crippen LogP contribution in [0.3, 0.4) is 0 Å². The van der Waals surface area contributed by atoms with E-state index in [2.05, 4.69) is 10.2 Å². The van der Waals surface area contributed by atoms with Crippen LogP contribution in [0.25, 0.3) is 0 Å². The van der Waals surface area contributed by atoms with Crippen LogP contribution in [0.1, 0.15) is 13.3 Å². The lowest BCUT2D eigenvalue weighted by molar-refractivity contribution is -0.119. The zero-order valence-electron chi connectivity index (χ0n) is 7.69. The van der Waals surface area contributed by atoms with Crippen LogP contribution in [0.4, 0.5) is 0 Å². The third-order valence-corrected chi connectivity index (χ3v) is 3.41. The molecule has 0 aliphatic carbocycles. The summed E-state index contributed by atoms with van der Waals surface area (Å²) in [6.45, 7) is 3.73. The normalized spacial score (nSPS) is 47.2. The number of carbonyl (C=O) groups is 1. The minimum Gasteiger partial charge on any atom is -0.370 e. The molecule has 0 aromatic rings. The van der Waals surface area contributed by atoms with Gasteiger partial charge in [0.2, 0.25) is 5.91 Å². The van der Waals surface area contributed by atoms with Gasteiger partial charge in [-0.05, 0) is 6.42 Å². The molecule has 3 saturated heterocycles. The molecule has 3 rings (SSSR count). The van der Waals surface area contributed by atoms with E-state index in [1.807, 2.05) is 0 Å². The summed E-state index contributed by atoms with van der Waals surface area (Å²) in [5, 5.41) is 3.00. The summed E-state index contributed by atoms with van der Waals surface area (Å²) in [6, 6.07) is 0.721. The zero-order valence-corrected chi connectivity index (χ0v) is 7.69. The van der Waals surface area contributed by atoms with Gasteiger partial charge in [0.1, 0.15) is 0 Å². The molecular weight excluding hydrogens is 168 g/mol. The van der Waals surface area contributed by atoms with Gasteiger partial charge in [-0.3, -0.25) is 9.69 Å². The summed E-state index contributed by atoms with van der Waals surface area (Å²) in [5.41, 5.74) is 0. The number of carbonyl (C=O) groups excluding carboxylic acids is 1. The van der Waals surface area contributed by atoms with E-state index in [0.717, 1.165) is 19.5 Å². The molecule has 4 atom stereocenters. The van der Waals surface area contributed by atoms with Crippen molar-refractivity contribution in [1.29, 1.82) is 0 Å². The van der Waals surface area contributed by atoms with E-state index in [1.54, 1.807) is 6.92 Å². The fraction of sp³-hybridized carbons (Fsp3) is 0.889. The van der Waals surface area contributed by atoms with Crippen molar-refractivity contribution in [3.05, 3.63) is 0 Å². The van der Waals surface area contributed by atoms with E-state index >= 15 is 0 Å². The van der Waals surface area contributed by atoms with Gasteiger partial charge in [-0.15, -0.1) is 0 Å². The number of amides is 1. The molecule has 0 spiro atoms. The van der Waals surface area contributed by atoms with Gasteiger partial charge in [-0.25, -0.2) is 0 Å². The van der Waals surface area contributed by atoms with Crippen LogP contribution in [-0.4, -0.2) is 48.2 Å². The molecule has 1 amide bonds. The Morgan fingerprint density at radius 3 is 3.08 bits per heavy atom. The molecule has 0 unspecified atom stereocenters.